The lowest BCUT2D eigenvalue weighted by atomic mass is 10.1. The van der Waals surface area contributed by atoms with Crippen LogP contribution < -0.4 is 10.0 Å². The van der Waals surface area contributed by atoms with Crippen LogP contribution in [0.1, 0.15) is 42.3 Å². The molecule has 1 heterocycles. The number of nitrogens with one attached hydrogen (secondary N) is 2. The molecule has 1 atom stereocenters. The molecule has 1 saturated carbocycles. The minimum atomic E-state index is -3.60. The molecule has 1 fully saturated rings. The molecule has 0 bridgehead atoms. The van der Waals surface area contributed by atoms with E-state index in [1.54, 1.807) is 12.3 Å². The van der Waals surface area contributed by atoms with Crippen LogP contribution in [0.25, 0.3) is 0 Å². The van der Waals surface area contributed by atoms with Gasteiger partial charge in [0, 0.05) is 23.0 Å². The van der Waals surface area contributed by atoms with Crippen LogP contribution in [0.3, 0.4) is 0 Å². The molecule has 0 aliphatic heterocycles. The smallest absolute Gasteiger partial charge is 0.252 e. The van der Waals surface area contributed by atoms with Crippen molar-refractivity contribution < 1.29 is 17.6 Å². The molecule has 140 valence electrons. The van der Waals surface area contributed by atoms with E-state index in [0.717, 1.165) is 31.4 Å². The second kappa shape index (κ2) is 7.94. The van der Waals surface area contributed by atoms with Gasteiger partial charge in [0.05, 0.1) is 16.7 Å². The van der Waals surface area contributed by atoms with Gasteiger partial charge in [-0.05, 0) is 72.4 Å². The zero-order valence-electron chi connectivity index (χ0n) is 14.4. The number of aryl methyl sites for hydroxylation is 1. The van der Waals surface area contributed by atoms with Crippen LogP contribution in [0, 0.1) is 0 Å². The number of hydrogen-bond acceptors (Lipinski definition) is 4. The Morgan fingerprint density at radius 1 is 1.35 bits per heavy atom. The fourth-order valence-corrected chi connectivity index (χ4v) is 4.28. The second-order valence-corrected chi connectivity index (χ2v) is 9.10. The fraction of sp³-hybridized carbons (Fsp3) is 0.389. The third-order valence-electron chi connectivity index (χ3n) is 4.17. The van der Waals surface area contributed by atoms with Crippen molar-refractivity contribution in [3.8, 4) is 0 Å². The van der Waals surface area contributed by atoms with Crippen LogP contribution in [0.15, 0.2) is 50.4 Å². The second-order valence-electron chi connectivity index (χ2n) is 6.53. The zero-order valence-corrected chi connectivity index (χ0v) is 16.8. The molecule has 6 nitrogen and oxygen atoms in total. The molecule has 0 radical (unpaired) electrons. The molecular formula is C18H21BrN2O4S. The van der Waals surface area contributed by atoms with Crippen molar-refractivity contribution in [2.75, 3.05) is 0 Å². The standard InChI is InChI=1S/C18H21BrN2O4S/c1-12(4-7-14-3-2-10-25-14)20-18(22)16-11-15(8-9-17(16)19)26(23,24)21-13-5-6-13/h2-3,8-13,21H,4-7H2,1H3,(H,20,22). The lowest BCUT2D eigenvalue weighted by Crippen LogP contribution is -2.33. The predicted molar refractivity (Wildman–Crippen MR) is 101 cm³/mol. The van der Waals surface area contributed by atoms with Crippen molar-refractivity contribution in [2.45, 2.75) is 49.6 Å². The number of carbonyl (C=O) groups excluding carboxylic acids is 1. The fourth-order valence-electron chi connectivity index (χ4n) is 2.52. The van der Waals surface area contributed by atoms with E-state index >= 15 is 0 Å². The first-order chi connectivity index (χ1) is 12.3. The van der Waals surface area contributed by atoms with Gasteiger partial charge in [-0.1, -0.05) is 0 Å². The average molecular weight is 441 g/mol. The van der Waals surface area contributed by atoms with Crippen LogP contribution in [-0.4, -0.2) is 26.4 Å². The van der Waals surface area contributed by atoms with Gasteiger partial charge in [-0.3, -0.25) is 4.79 Å². The van der Waals surface area contributed by atoms with Crippen molar-refractivity contribution in [2.24, 2.45) is 0 Å². The zero-order chi connectivity index (χ0) is 18.7. The Kier molecular flexibility index (Phi) is 5.84. The molecule has 1 aliphatic rings. The molecule has 8 heteroatoms. The number of amides is 1. The number of rotatable bonds is 8. The summed E-state index contributed by atoms with van der Waals surface area (Å²) in [6, 6.07) is 8.15. The number of sulfonamides is 1. The summed E-state index contributed by atoms with van der Waals surface area (Å²) in [6.45, 7) is 1.91. The highest BCUT2D eigenvalue weighted by atomic mass is 79.9. The summed E-state index contributed by atoms with van der Waals surface area (Å²) in [5.74, 6) is 0.554. The number of benzene rings is 1. The first-order valence-electron chi connectivity index (χ1n) is 8.50. The molecule has 1 aliphatic carbocycles. The highest BCUT2D eigenvalue weighted by Crippen LogP contribution is 2.25. The molecular weight excluding hydrogens is 420 g/mol. The topological polar surface area (TPSA) is 88.4 Å². The van der Waals surface area contributed by atoms with E-state index in [1.807, 2.05) is 19.1 Å². The van der Waals surface area contributed by atoms with Gasteiger partial charge in [-0.15, -0.1) is 0 Å². The molecule has 2 N–H and O–H groups in total. The molecule has 1 amide bonds. The third kappa shape index (κ3) is 4.96. The van der Waals surface area contributed by atoms with Gasteiger partial charge in [0.25, 0.3) is 5.91 Å². The monoisotopic (exact) mass is 440 g/mol. The summed E-state index contributed by atoms with van der Waals surface area (Å²) in [6.07, 6.45) is 4.78. The minimum Gasteiger partial charge on any atom is -0.469 e. The van der Waals surface area contributed by atoms with E-state index < -0.39 is 10.0 Å². The van der Waals surface area contributed by atoms with Crippen LogP contribution >= 0.6 is 15.9 Å². The Hall–Kier alpha value is -1.64. The highest BCUT2D eigenvalue weighted by molar-refractivity contribution is 9.10. The van der Waals surface area contributed by atoms with E-state index in [9.17, 15) is 13.2 Å². The Balaban J connectivity index is 1.66. The molecule has 0 saturated heterocycles. The van der Waals surface area contributed by atoms with Crippen LogP contribution in [0.4, 0.5) is 0 Å². The van der Waals surface area contributed by atoms with Gasteiger partial charge in [0.2, 0.25) is 10.0 Å². The largest absolute Gasteiger partial charge is 0.469 e. The van der Waals surface area contributed by atoms with Crippen LogP contribution in [0.2, 0.25) is 0 Å². The number of carbonyl (C=O) groups is 1. The van der Waals surface area contributed by atoms with Gasteiger partial charge in [-0.25, -0.2) is 13.1 Å². The molecule has 1 unspecified atom stereocenters. The maximum Gasteiger partial charge on any atom is 0.252 e. The molecule has 3 rings (SSSR count). The van der Waals surface area contributed by atoms with Gasteiger partial charge < -0.3 is 9.73 Å². The Bertz CT molecular complexity index is 877. The lowest BCUT2D eigenvalue weighted by Gasteiger charge is -2.15. The number of furan rings is 1. The first kappa shape index (κ1) is 19.1. The van der Waals surface area contributed by atoms with E-state index in [0.29, 0.717) is 10.0 Å². The molecule has 0 spiro atoms. The SMILES string of the molecule is CC(CCc1ccco1)NC(=O)c1cc(S(=O)(=O)NC2CC2)ccc1Br. The lowest BCUT2D eigenvalue weighted by molar-refractivity contribution is 0.0937. The van der Waals surface area contributed by atoms with E-state index in [2.05, 4.69) is 26.0 Å². The normalized spacial score (nSPS) is 15.6. The molecule has 2 aromatic rings. The van der Waals surface area contributed by atoms with Gasteiger partial charge in [-0.2, -0.15) is 0 Å². The molecule has 1 aromatic heterocycles. The van der Waals surface area contributed by atoms with Gasteiger partial charge in [0.1, 0.15) is 5.76 Å². The first-order valence-corrected chi connectivity index (χ1v) is 10.8. The summed E-state index contributed by atoms with van der Waals surface area (Å²) < 4.78 is 33.2. The maximum absolute atomic E-state index is 12.6. The van der Waals surface area contributed by atoms with Crippen LogP contribution in [-0.2, 0) is 16.4 Å². The average Bonchev–Trinajstić information content (AvgIpc) is 3.23. The molecule has 26 heavy (non-hydrogen) atoms. The van der Waals surface area contributed by atoms with Crippen molar-refractivity contribution in [1.82, 2.24) is 10.0 Å². The quantitative estimate of drug-likeness (QED) is 0.659. The van der Waals surface area contributed by atoms with E-state index in [-0.39, 0.29) is 22.9 Å². The summed E-state index contributed by atoms with van der Waals surface area (Å²) >= 11 is 3.33. The summed E-state index contributed by atoms with van der Waals surface area (Å²) in [5.41, 5.74) is 0.300. The van der Waals surface area contributed by atoms with E-state index in [1.165, 1.54) is 12.1 Å². The summed E-state index contributed by atoms with van der Waals surface area (Å²) in [5, 5.41) is 2.91. The van der Waals surface area contributed by atoms with Crippen molar-refractivity contribution in [3.05, 3.63) is 52.4 Å². The maximum atomic E-state index is 12.6. The number of hydrogen-bond donors (Lipinski definition) is 2. The highest BCUT2D eigenvalue weighted by Gasteiger charge is 2.28. The van der Waals surface area contributed by atoms with E-state index in [4.69, 9.17) is 4.42 Å². The summed E-state index contributed by atoms with van der Waals surface area (Å²) in [7, 11) is -3.60. The molecule has 1 aromatic carbocycles. The minimum absolute atomic E-state index is 0.0162. The summed E-state index contributed by atoms with van der Waals surface area (Å²) in [4.78, 5) is 12.7. The van der Waals surface area contributed by atoms with Crippen molar-refractivity contribution in [3.63, 3.8) is 0 Å². The third-order valence-corrected chi connectivity index (χ3v) is 6.38. The van der Waals surface area contributed by atoms with Gasteiger partial charge >= 0.3 is 0 Å². The van der Waals surface area contributed by atoms with Gasteiger partial charge in [0.15, 0.2) is 0 Å². The van der Waals surface area contributed by atoms with Crippen molar-refractivity contribution in [1.29, 1.82) is 0 Å². The Labute approximate surface area is 161 Å². The Morgan fingerprint density at radius 2 is 2.12 bits per heavy atom. The van der Waals surface area contributed by atoms with Crippen LogP contribution in [0.5, 0.6) is 0 Å². The van der Waals surface area contributed by atoms with Crippen molar-refractivity contribution >= 4 is 31.9 Å². The predicted octanol–water partition coefficient (Wildman–Crippen LogP) is 3.23. The number of halogens is 1. The Morgan fingerprint density at radius 3 is 2.77 bits per heavy atom.